The highest BCUT2D eigenvalue weighted by Crippen LogP contribution is 2.27. The summed E-state index contributed by atoms with van der Waals surface area (Å²) in [5, 5.41) is 17.6. The second-order valence-electron chi connectivity index (χ2n) is 5.20. The van der Waals surface area contributed by atoms with Crippen LogP contribution in [0.1, 0.15) is 17.4 Å². The highest BCUT2D eigenvalue weighted by Gasteiger charge is 2.25. The quantitative estimate of drug-likeness (QED) is 0.914. The number of para-hydroxylation sites is 2. The van der Waals surface area contributed by atoms with Gasteiger partial charge in [0.15, 0.2) is 0 Å². The van der Waals surface area contributed by atoms with Crippen molar-refractivity contribution in [2.24, 2.45) is 0 Å². The van der Waals surface area contributed by atoms with Crippen molar-refractivity contribution >= 4 is 11.6 Å². The molecule has 3 rings (SSSR count). The van der Waals surface area contributed by atoms with Gasteiger partial charge in [-0.2, -0.15) is 0 Å². The molecular formula is C15H19N5O2. The molecule has 7 heteroatoms. The summed E-state index contributed by atoms with van der Waals surface area (Å²) in [4.78, 5) is 16.4. The summed E-state index contributed by atoms with van der Waals surface area (Å²) in [7, 11) is 0. The van der Waals surface area contributed by atoms with Gasteiger partial charge in [0.05, 0.1) is 11.9 Å². The first-order valence-electron chi connectivity index (χ1n) is 7.41. The minimum atomic E-state index is -0.0382. The Morgan fingerprint density at radius 3 is 2.64 bits per heavy atom. The lowest BCUT2D eigenvalue weighted by molar-refractivity contribution is 0.0734. The Balaban J connectivity index is 1.67. The zero-order chi connectivity index (χ0) is 15.5. The average molecular weight is 301 g/mol. The van der Waals surface area contributed by atoms with Crippen molar-refractivity contribution in [3.8, 4) is 5.75 Å². The van der Waals surface area contributed by atoms with Crippen LogP contribution in [-0.4, -0.2) is 57.1 Å². The van der Waals surface area contributed by atoms with Crippen molar-refractivity contribution in [1.29, 1.82) is 0 Å². The first-order valence-corrected chi connectivity index (χ1v) is 7.41. The predicted octanol–water partition coefficient (Wildman–Crippen LogP) is 0.966. The summed E-state index contributed by atoms with van der Waals surface area (Å²) in [6.45, 7) is 5.17. The lowest BCUT2D eigenvalue weighted by Crippen LogP contribution is -2.49. The number of carbonyl (C=O) groups excluding carboxylic acids is 1. The molecule has 1 aliphatic heterocycles. The number of hydrogen-bond acceptors (Lipinski definition) is 5. The molecule has 22 heavy (non-hydrogen) atoms. The average Bonchev–Trinajstić information content (AvgIpc) is 3.03. The largest absolute Gasteiger partial charge is 0.506 e. The van der Waals surface area contributed by atoms with Crippen LogP contribution in [0.2, 0.25) is 0 Å². The van der Waals surface area contributed by atoms with E-state index in [-0.39, 0.29) is 11.7 Å². The first kappa shape index (κ1) is 14.4. The number of aryl methyl sites for hydroxylation is 1. The molecule has 2 aromatic rings. The Bertz CT molecular complexity index is 661. The Kier molecular flexibility index (Phi) is 3.95. The molecule has 1 aromatic heterocycles. The van der Waals surface area contributed by atoms with Gasteiger partial charge in [0.25, 0.3) is 5.91 Å². The fraction of sp³-hybridized carbons (Fsp3) is 0.400. The van der Waals surface area contributed by atoms with Crippen LogP contribution in [0.3, 0.4) is 0 Å². The number of anilines is 1. The molecule has 1 aromatic carbocycles. The first-order chi connectivity index (χ1) is 10.7. The predicted molar refractivity (Wildman–Crippen MR) is 81.9 cm³/mol. The number of phenolic OH excluding ortho intramolecular Hbond substituents is 1. The van der Waals surface area contributed by atoms with Gasteiger partial charge < -0.3 is 14.9 Å². The standard InChI is InChI=1S/C15H19N5O2/c1-2-20-13(11-16-17-20)15(22)19-9-7-18(8-10-19)12-5-3-4-6-14(12)21/h3-6,11,21H,2,7-10H2,1H3. The van der Waals surface area contributed by atoms with Crippen LogP contribution in [-0.2, 0) is 6.54 Å². The maximum atomic E-state index is 12.5. The van der Waals surface area contributed by atoms with Crippen LogP contribution in [0.5, 0.6) is 5.75 Å². The molecule has 2 heterocycles. The lowest BCUT2D eigenvalue weighted by atomic mass is 10.2. The molecule has 0 saturated carbocycles. The third kappa shape index (κ3) is 2.61. The highest BCUT2D eigenvalue weighted by molar-refractivity contribution is 5.92. The van der Waals surface area contributed by atoms with E-state index >= 15 is 0 Å². The van der Waals surface area contributed by atoms with Crippen molar-refractivity contribution in [1.82, 2.24) is 19.9 Å². The van der Waals surface area contributed by atoms with Crippen LogP contribution >= 0.6 is 0 Å². The summed E-state index contributed by atoms with van der Waals surface area (Å²) in [5.74, 6) is 0.235. The number of aromatic nitrogens is 3. The molecule has 0 bridgehead atoms. The van der Waals surface area contributed by atoms with Gasteiger partial charge in [-0.1, -0.05) is 17.3 Å². The van der Waals surface area contributed by atoms with E-state index in [1.54, 1.807) is 21.7 Å². The van der Waals surface area contributed by atoms with Crippen LogP contribution in [0, 0.1) is 0 Å². The topological polar surface area (TPSA) is 74.5 Å². The maximum absolute atomic E-state index is 12.5. The molecule has 0 unspecified atom stereocenters. The normalized spacial score (nSPS) is 15.1. The van der Waals surface area contributed by atoms with Crippen molar-refractivity contribution < 1.29 is 9.90 Å². The molecule has 0 radical (unpaired) electrons. The van der Waals surface area contributed by atoms with Gasteiger partial charge in [-0.3, -0.25) is 4.79 Å². The molecule has 0 aliphatic carbocycles. The van der Waals surface area contributed by atoms with Crippen LogP contribution in [0.4, 0.5) is 5.69 Å². The summed E-state index contributed by atoms with van der Waals surface area (Å²) >= 11 is 0. The van der Waals surface area contributed by atoms with Gasteiger partial charge >= 0.3 is 0 Å². The number of phenols is 1. The smallest absolute Gasteiger partial charge is 0.273 e. The number of hydrogen-bond donors (Lipinski definition) is 1. The number of nitrogens with zero attached hydrogens (tertiary/aromatic N) is 5. The molecular weight excluding hydrogens is 282 g/mol. The van der Waals surface area contributed by atoms with Gasteiger partial charge in [-0.05, 0) is 19.1 Å². The number of benzene rings is 1. The number of carbonyl (C=O) groups is 1. The summed E-state index contributed by atoms with van der Waals surface area (Å²) in [5.41, 5.74) is 1.34. The van der Waals surface area contributed by atoms with Crippen LogP contribution in [0.15, 0.2) is 30.5 Å². The van der Waals surface area contributed by atoms with Crippen molar-refractivity contribution in [2.45, 2.75) is 13.5 Å². The highest BCUT2D eigenvalue weighted by atomic mass is 16.3. The van der Waals surface area contributed by atoms with Gasteiger partial charge in [0, 0.05) is 32.7 Å². The molecule has 1 fully saturated rings. The molecule has 1 amide bonds. The summed E-state index contributed by atoms with van der Waals surface area (Å²) < 4.78 is 1.61. The second kappa shape index (κ2) is 6.05. The van der Waals surface area contributed by atoms with E-state index in [2.05, 4.69) is 15.2 Å². The lowest BCUT2D eigenvalue weighted by Gasteiger charge is -2.36. The molecule has 0 atom stereocenters. The number of rotatable bonds is 3. The van der Waals surface area contributed by atoms with Crippen molar-refractivity contribution in [3.05, 3.63) is 36.2 Å². The SMILES string of the molecule is CCn1nncc1C(=O)N1CCN(c2ccccc2O)CC1. The molecule has 1 saturated heterocycles. The Hall–Kier alpha value is -2.57. The van der Waals surface area contributed by atoms with E-state index in [1.807, 2.05) is 19.1 Å². The minimum Gasteiger partial charge on any atom is -0.506 e. The van der Waals surface area contributed by atoms with Crippen molar-refractivity contribution in [2.75, 3.05) is 31.1 Å². The molecule has 1 aliphatic rings. The van der Waals surface area contributed by atoms with E-state index in [1.165, 1.54) is 6.20 Å². The molecule has 7 nitrogen and oxygen atoms in total. The Morgan fingerprint density at radius 1 is 1.23 bits per heavy atom. The fourth-order valence-electron chi connectivity index (χ4n) is 2.70. The van der Waals surface area contributed by atoms with Gasteiger partial charge in [0.2, 0.25) is 0 Å². The third-order valence-corrected chi connectivity index (χ3v) is 3.93. The fourth-order valence-corrected chi connectivity index (χ4v) is 2.70. The number of amides is 1. The maximum Gasteiger partial charge on any atom is 0.273 e. The number of piperazine rings is 1. The Labute approximate surface area is 128 Å². The molecule has 116 valence electrons. The van der Waals surface area contributed by atoms with E-state index in [0.29, 0.717) is 38.4 Å². The number of aromatic hydroxyl groups is 1. The monoisotopic (exact) mass is 301 g/mol. The van der Waals surface area contributed by atoms with E-state index in [0.717, 1.165) is 5.69 Å². The van der Waals surface area contributed by atoms with Crippen LogP contribution in [0.25, 0.3) is 0 Å². The zero-order valence-electron chi connectivity index (χ0n) is 12.5. The molecule has 0 spiro atoms. The van der Waals surface area contributed by atoms with Crippen molar-refractivity contribution in [3.63, 3.8) is 0 Å². The minimum absolute atomic E-state index is 0.0382. The van der Waals surface area contributed by atoms with Gasteiger partial charge in [-0.25, -0.2) is 4.68 Å². The van der Waals surface area contributed by atoms with Crippen LogP contribution < -0.4 is 4.90 Å². The second-order valence-corrected chi connectivity index (χ2v) is 5.20. The molecule has 1 N–H and O–H groups in total. The van der Waals surface area contributed by atoms with E-state index < -0.39 is 0 Å². The Morgan fingerprint density at radius 2 is 1.95 bits per heavy atom. The van der Waals surface area contributed by atoms with Gasteiger partial charge in [-0.15, -0.1) is 5.10 Å². The zero-order valence-corrected chi connectivity index (χ0v) is 12.5. The van der Waals surface area contributed by atoms with Gasteiger partial charge in [0.1, 0.15) is 11.4 Å². The van der Waals surface area contributed by atoms with E-state index in [4.69, 9.17) is 0 Å². The third-order valence-electron chi connectivity index (χ3n) is 3.93. The van der Waals surface area contributed by atoms with E-state index in [9.17, 15) is 9.90 Å². The summed E-state index contributed by atoms with van der Waals surface area (Å²) in [6, 6.07) is 7.27. The summed E-state index contributed by atoms with van der Waals surface area (Å²) in [6.07, 6.45) is 1.52.